The van der Waals surface area contributed by atoms with E-state index >= 15 is 0 Å². The molecule has 0 radical (unpaired) electrons. The Labute approximate surface area is 121 Å². The van der Waals surface area contributed by atoms with Crippen molar-refractivity contribution in [2.75, 3.05) is 7.05 Å². The Morgan fingerprint density at radius 2 is 1.95 bits per heavy atom. The van der Waals surface area contributed by atoms with Gasteiger partial charge >= 0.3 is 0 Å². The molecule has 0 N–H and O–H groups in total. The molecular formula is C18H21NO. The molecule has 1 aliphatic heterocycles. The molecule has 1 fully saturated rings. The number of hydrogen-bond acceptors (Lipinski definition) is 2. The summed E-state index contributed by atoms with van der Waals surface area (Å²) in [6.07, 6.45) is 6.64. The monoisotopic (exact) mass is 267 g/mol. The summed E-state index contributed by atoms with van der Waals surface area (Å²) in [6, 6.07) is 10.4. The average Bonchev–Trinajstić information content (AvgIpc) is 2.48. The Hall–Kier alpha value is -1.93. The molecule has 2 unspecified atom stereocenters. The third kappa shape index (κ3) is 2.97. The predicted molar refractivity (Wildman–Crippen MR) is 83.5 cm³/mol. The maximum atomic E-state index is 12.1. The maximum absolute atomic E-state index is 12.1. The smallest absolute Gasteiger partial charge is 0.136 e. The average molecular weight is 267 g/mol. The topological polar surface area (TPSA) is 20.3 Å². The summed E-state index contributed by atoms with van der Waals surface area (Å²) in [4.78, 5) is 14.4. The van der Waals surface area contributed by atoms with Gasteiger partial charge in [-0.05, 0) is 18.2 Å². The highest BCUT2D eigenvalue weighted by atomic mass is 16.1. The second kappa shape index (κ2) is 6.49. The lowest BCUT2D eigenvalue weighted by Crippen LogP contribution is -2.43. The highest BCUT2D eigenvalue weighted by Crippen LogP contribution is 2.34. The van der Waals surface area contributed by atoms with Crippen LogP contribution in [-0.4, -0.2) is 23.8 Å². The first-order valence-corrected chi connectivity index (χ1v) is 6.91. The Kier molecular flexibility index (Phi) is 4.70. The number of carbonyl (C=O) groups is 1. The molecule has 1 aliphatic rings. The first-order chi connectivity index (χ1) is 9.67. The third-order valence-electron chi connectivity index (χ3n) is 3.94. The van der Waals surface area contributed by atoms with Gasteiger partial charge < -0.3 is 0 Å². The van der Waals surface area contributed by atoms with Crippen molar-refractivity contribution in [1.82, 2.24) is 4.90 Å². The summed E-state index contributed by atoms with van der Waals surface area (Å²) in [6.45, 7) is 7.59. The van der Waals surface area contributed by atoms with Gasteiger partial charge in [-0.15, -0.1) is 0 Å². The van der Waals surface area contributed by atoms with Crippen LogP contribution in [0, 0.1) is 0 Å². The lowest BCUT2D eigenvalue weighted by atomic mass is 9.87. The lowest BCUT2D eigenvalue weighted by Gasteiger charge is -2.39. The zero-order chi connectivity index (χ0) is 14.5. The van der Waals surface area contributed by atoms with Crippen LogP contribution in [0.3, 0.4) is 0 Å². The van der Waals surface area contributed by atoms with Gasteiger partial charge in [0.1, 0.15) is 5.78 Å². The van der Waals surface area contributed by atoms with Crippen LogP contribution in [0.25, 0.3) is 0 Å². The van der Waals surface area contributed by atoms with Gasteiger partial charge in [0.05, 0.1) is 0 Å². The SMILES string of the molecule is C=C/C=C(\C=C)C1CC(=O)CC(c2ccccc2)N1C. The van der Waals surface area contributed by atoms with E-state index in [0.717, 1.165) is 5.57 Å². The summed E-state index contributed by atoms with van der Waals surface area (Å²) in [5.74, 6) is 0.304. The number of hydrogen-bond donors (Lipinski definition) is 0. The molecule has 0 bridgehead atoms. The van der Waals surface area contributed by atoms with Crippen LogP contribution in [0.5, 0.6) is 0 Å². The van der Waals surface area contributed by atoms with E-state index in [0.29, 0.717) is 18.6 Å². The quantitative estimate of drug-likeness (QED) is 0.775. The molecule has 1 aromatic rings. The molecule has 1 aromatic carbocycles. The molecule has 1 saturated heterocycles. The van der Waals surface area contributed by atoms with Crippen molar-refractivity contribution in [3.8, 4) is 0 Å². The largest absolute Gasteiger partial charge is 0.300 e. The number of ketones is 1. The Morgan fingerprint density at radius 1 is 1.25 bits per heavy atom. The van der Waals surface area contributed by atoms with E-state index in [1.165, 1.54) is 5.56 Å². The second-order valence-corrected chi connectivity index (χ2v) is 5.16. The van der Waals surface area contributed by atoms with Crippen molar-refractivity contribution in [2.24, 2.45) is 0 Å². The van der Waals surface area contributed by atoms with Crippen LogP contribution in [0.15, 0.2) is 67.3 Å². The number of nitrogens with zero attached hydrogens (tertiary/aromatic N) is 1. The van der Waals surface area contributed by atoms with Gasteiger partial charge in [0.25, 0.3) is 0 Å². The van der Waals surface area contributed by atoms with Crippen LogP contribution < -0.4 is 0 Å². The fraction of sp³-hybridized carbons (Fsp3) is 0.278. The standard InChI is InChI=1S/C18H21NO/c1-4-9-14(5-2)17-12-16(20)13-18(19(17)3)15-10-7-6-8-11-15/h4-11,17-18H,1-2,12-13H2,3H3/b14-9+. The predicted octanol–water partition coefficient (Wildman–Crippen LogP) is 3.69. The first kappa shape index (κ1) is 14.5. The number of likely N-dealkylation sites (N-methyl/N-ethyl adjacent to an activating group) is 1. The Balaban J connectivity index is 2.32. The zero-order valence-corrected chi connectivity index (χ0v) is 12.0. The fourth-order valence-corrected chi connectivity index (χ4v) is 2.85. The molecule has 20 heavy (non-hydrogen) atoms. The van der Waals surface area contributed by atoms with Crippen molar-refractivity contribution < 1.29 is 4.79 Å². The summed E-state index contributed by atoms with van der Waals surface area (Å²) in [5, 5.41) is 0. The maximum Gasteiger partial charge on any atom is 0.136 e. The molecule has 104 valence electrons. The highest BCUT2D eigenvalue weighted by molar-refractivity contribution is 5.81. The van der Waals surface area contributed by atoms with Gasteiger partial charge in [-0.2, -0.15) is 0 Å². The fourth-order valence-electron chi connectivity index (χ4n) is 2.85. The number of Topliss-reactive ketones (excluding diaryl/α,β-unsaturated/α-hetero) is 1. The van der Waals surface area contributed by atoms with Crippen LogP contribution in [-0.2, 0) is 4.79 Å². The summed E-state index contributed by atoms with van der Waals surface area (Å²) in [7, 11) is 2.08. The van der Waals surface area contributed by atoms with Gasteiger partial charge in [-0.3, -0.25) is 9.69 Å². The van der Waals surface area contributed by atoms with E-state index < -0.39 is 0 Å². The Morgan fingerprint density at radius 3 is 2.55 bits per heavy atom. The number of carbonyl (C=O) groups excluding carboxylic acids is 1. The van der Waals surface area contributed by atoms with Gasteiger partial charge in [0, 0.05) is 24.9 Å². The van der Waals surface area contributed by atoms with Crippen molar-refractivity contribution in [3.05, 3.63) is 72.9 Å². The Bertz CT molecular complexity index is 530. The molecule has 0 spiro atoms. The van der Waals surface area contributed by atoms with Gasteiger partial charge in [-0.1, -0.05) is 61.7 Å². The molecule has 2 rings (SSSR count). The molecular weight excluding hydrogens is 246 g/mol. The lowest BCUT2D eigenvalue weighted by molar-refractivity contribution is -0.124. The van der Waals surface area contributed by atoms with E-state index in [2.05, 4.69) is 37.2 Å². The van der Waals surface area contributed by atoms with Crippen LogP contribution in [0.2, 0.25) is 0 Å². The molecule has 0 saturated carbocycles. The van der Waals surface area contributed by atoms with Crippen molar-refractivity contribution in [2.45, 2.75) is 24.9 Å². The second-order valence-electron chi connectivity index (χ2n) is 5.16. The molecule has 0 aliphatic carbocycles. The first-order valence-electron chi connectivity index (χ1n) is 6.91. The van der Waals surface area contributed by atoms with E-state index in [1.54, 1.807) is 6.08 Å². The number of allylic oxidation sites excluding steroid dienone is 2. The molecule has 1 heterocycles. The van der Waals surface area contributed by atoms with Crippen molar-refractivity contribution in [3.63, 3.8) is 0 Å². The summed E-state index contributed by atoms with van der Waals surface area (Å²) < 4.78 is 0. The highest BCUT2D eigenvalue weighted by Gasteiger charge is 2.33. The van der Waals surface area contributed by atoms with Gasteiger partial charge in [0.2, 0.25) is 0 Å². The number of benzene rings is 1. The number of rotatable bonds is 4. The molecule has 2 atom stereocenters. The minimum Gasteiger partial charge on any atom is -0.300 e. The van der Waals surface area contributed by atoms with E-state index in [9.17, 15) is 4.79 Å². The molecule has 2 heteroatoms. The number of likely N-dealkylation sites (tertiary alicyclic amines) is 1. The molecule has 2 nitrogen and oxygen atoms in total. The molecule has 0 aromatic heterocycles. The summed E-state index contributed by atoms with van der Waals surface area (Å²) >= 11 is 0. The molecule has 0 amide bonds. The van der Waals surface area contributed by atoms with E-state index in [1.807, 2.05) is 30.4 Å². The van der Waals surface area contributed by atoms with Crippen molar-refractivity contribution in [1.29, 1.82) is 0 Å². The third-order valence-corrected chi connectivity index (χ3v) is 3.94. The van der Waals surface area contributed by atoms with Crippen LogP contribution in [0.4, 0.5) is 0 Å². The van der Waals surface area contributed by atoms with Crippen molar-refractivity contribution >= 4 is 5.78 Å². The summed E-state index contributed by atoms with van der Waals surface area (Å²) in [5.41, 5.74) is 2.24. The zero-order valence-electron chi connectivity index (χ0n) is 12.0. The minimum absolute atomic E-state index is 0.0805. The van der Waals surface area contributed by atoms with E-state index in [-0.39, 0.29) is 12.1 Å². The van der Waals surface area contributed by atoms with E-state index in [4.69, 9.17) is 0 Å². The minimum atomic E-state index is 0.0805. The van der Waals surface area contributed by atoms with Gasteiger partial charge in [-0.25, -0.2) is 0 Å². The van der Waals surface area contributed by atoms with Crippen LogP contribution in [0.1, 0.15) is 24.4 Å². The van der Waals surface area contributed by atoms with Gasteiger partial charge in [0.15, 0.2) is 0 Å². The number of piperidine rings is 1. The van der Waals surface area contributed by atoms with Crippen LogP contribution >= 0.6 is 0 Å². The normalized spacial score (nSPS) is 24.4.